The van der Waals surface area contributed by atoms with Crippen molar-refractivity contribution in [2.75, 3.05) is 39.3 Å². The zero-order valence-corrected chi connectivity index (χ0v) is 14.3. The monoisotopic (exact) mass is 318 g/mol. The Bertz CT molecular complexity index is 515. The first-order valence-electron chi connectivity index (χ1n) is 9.29. The summed E-state index contributed by atoms with van der Waals surface area (Å²) in [5.41, 5.74) is 2.92. The molecule has 1 aromatic rings. The van der Waals surface area contributed by atoms with Gasteiger partial charge in [-0.2, -0.15) is 5.10 Å². The number of hydrogen-bond acceptors (Lipinski definition) is 4. The maximum absolute atomic E-state index is 6.18. The lowest BCUT2D eigenvalue weighted by Gasteiger charge is -2.34. The Morgan fingerprint density at radius 1 is 1.30 bits per heavy atom. The van der Waals surface area contributed by atoms with Gasteiger partial charge in [0.2, 0.25) is 0 Å². The van der Waals surface area contributed by atoms with Gasteiger partial charge < -0.3 is 15.0 Å². The average Bonchev–Trinajstić information content (AvgIpc) is 3.16. The molecule has 3 aliphatic rings. The number of H-pyrrole nitrogens is 1. The Morgan fingerprint density at radius 3 is 2.78 bits per heavy atom. The van der Waals surface area contributed by atoms with Crippen LogP contribution in [0.1, 0.15) is 49.4 Å². The van der Waals surface area contributed by atoms with Gasteiger partial charge in [0.1, 0.15) is 0 Å². The van der Waals surface area contributed by atoms with Gasteiger partial charge in [-0.05, 0) is 76.7 Å². The molecule has 128 valence electrons. The summed E-state index contributed by atoms with van der Waals surface area (Å²) in [5.74, 6) is 0.636. The summed E-state index contributed by atoms with van der Waals surface area (Å²) in [6.45, 7) is 8.91. The van der Waals surface area contributed by atoms with Crippen molar-refractivity contribution in [3.63, 3.8) is 0 Å². The van der Waals surface area contributed by atoms with E-state index >= 15 is 0 Å². The number of ether oxygens (including phenoxy) is 1. The predicted octanol–water partition coefficient (Wildman–Crippen LogP) is 2.06. The summed E-state index contributed by atoms with van der Waals surface area (Å²) in [7, 11) is 0. The average molecular weight is 318 g/mol. The van der Waals surface area contributed by atoms with Gasteiger partial charge in [0, 0.05) is 18.2 Å². The Balaban J connectivity index is 1.25. The van der Waals surface area contributed by atoms with Crippen LogP contribution >= 0.6 is 0 Å². The third kappa shape index (κ3) is 3.47. The van der Waals surface area contributed by atoms with Crippen LogP contribution in [0.5, 0.6) is 0 Å². The fourth-order valence-electron chi connectivity index (χ4n) is 4.67. The minimum Gasteiger partial charge on any atom is -0.376 e. The van der Waals surface area contributed by atoms with E-state index in [-0.39, 0.29) is 0 Å². The lowest BCUT2D eigenvalue weighted by atomic mass is 9.77. The van der Waals surface area contributed by atoms with Crippen molar-refractivity contribution in [1.29, 1.82) is 0 Å². The second-order valence-corrected chi connectivity index (χ2v) is 7.94. The van der Waals surface area contributed by atoms with E-state index in [2.05, 4.69) is 33.4 Å². The molecule has 1 spiro atoms. The predicted molar refractivity (Wildman–Crippen MR) is 90.6 cm³/mol. The molecule has 4 rings (SSSR count). The number of aryl methyl sites for hydroxylation is 1. The Morgan fingerprint density at radius 2 is 2.09 bits per heavy atom. The molecule has 3 aliphatic heterocycles. The first-order chi connectivity index (χ1) is 11.2. The van der Waals surface area contributed by atoms with E-state index in [1.807, 2.05) is 0 Å². The number of likely N-dealkylation sites (tertiary alicyclic amines) is 1. The maximum atomic E-state index is 6.18. The first-order valence-corrected chi connectivity index (χ1v) is 9.29. The molecule has 23 heavy (non-hydrogen) atoms. The van der Waals surface area contributed by atoms with Crippen LogP contribution in [0.3, 0.4) is 0 Å². The van der Waals surface area contributed by atoms with Gasteiger partial charge >= 0.3 is 0 Å². The van der Waals surface area contributed by atoms with E-state index in [0.29, 0.717) is 17.4 Å². The molecule has 0 radical (unpaired) electrons. The van der Waals surface area contributed by atoms with Crippen molar-refractivity contribution in [1.82, 2.24) is 20.4 Å². The zero-order chi connectivity index (χ0) is 15.7. The minimum atomic E-state index is 0.456. The van der Waals surface area contributed by atoms with E-state index in [0.717, 1.165) is 13.2 Å². The molecule has 0 amide bonds. The topological polar surface area (TPSA) is 53.2 Å². The summed E-state index contributed by atoms with van der Waals surface area (Å²) < 4.78 is 6.18. The van der Waals surface area contributed by atoms with E-state index in [1.54, 1.807) is 0 Å². The van der Waals surface area contributed by atoms with Crippen molar-refractivity contribution >= 4 is 0 Å². The summed E-state index contributed by atoms with van der Waals surface area (Å²) >= 11 is 0. The maximum Gasteiger partial charge on any atom is 0.0708 e. The van der Waals surface area contributed by atoms with Crippen LogP contribution in [-0.2, 0) is 4.74 Å². The molecule has 3 fully saturated rings. The second-order valence-electron chi connectivity index (χ2n) is 7.94. The molecule has 0 bridgehead atoms. The van der Waals surface area contributed by atoms with Crippen LogP contribution in [0, 0.1) is 12.3 Å². The number of nitrogens with one attached hydrogen (secondary N) is 2. The van der Waals surface area contributed by atoms with Gasteiger partial charge in [-0.3, -0.25) is 5.10 Å². The Labute approximate surface area is 139 Å². The molecule has 0 saturated carbocycles. The highest BCUT2D eigenvalue weighted by Crippen LogP contribution is 2.40. The van der Waals surface area contributed by atoms with Crippen LogP contribution in [0.25, 0.3) is 0 Å². The Hall–Kier alpha value is -0.910. The van der Waals surface area contributed by atoms with Gasteiger partial charge in [-0.1, -0.05) is 0 Å². The molecule has 1 unspecified atom stereocenters. The molecule has 1 atom stereocenters. The quantitative estimate of drug-likeness (QED) is 0.896. The van der Waals surface area contributed by atoms with Crippen molar-refractivity contribution in [2.24, 2.45) is 5.41 Å². The molecular formula is C18H30N4O. The lowest BCUT2D eigenvalue weighted by Crippen LogP contribution is -2.39. The van der Waals surface area contributed by atoms with Crippen LogP contribution in [-0.4, -0.2) is 60.5 Å². The fourth-order valence-corrected chi connectivity index (χ4v) is 4.67. The third-order valence-corrected chi connectivity index (χ3v) is 6.14. The summed E-state index contributed by atoms with van der Waals surface area (Å²) in [4.78, 5) is 2.61. The highest BCUT2D eigenvalue weighted by atomic mass is 16.5. The third-order valence-electron chi connectivity index (χ3n) is 6.14. The summed E-state index contributed by atoms with van der Waals surface area (Å²) in [6.07, 6.45) is 6.77. The van der Waals surface area contributed by atoms with Gasteiger partial charge in [0.25, 0.3) is 0 Å². The number of rotatable bonds is 3. The zero-order valence-electron chi connectivity index (χ0n) is 14.3. The molecule has 2 N–H and O–H groups in total. The van der Waals surface area contributed by atoms with Crippen LogP contribution < -0.4 is 5.32 Å². The number of piperidine rings is 2. The van der Waals surface area contributed by atoms with Crippen LogP contribution in [0.2, 0.25) is 0 Å². The first kappa shape index (κ1) is 15.6. The standard InChI is InChI=1S/C18H30N4O/c1-14-10-17(21-20-14)15-2-8-22(9-3-15)12-16-11-18(13-23-16)4-6-19-7-5-18/h10,15-16,19H,2-9,11-13H2,1H3,(H,20,21). The van der Waals surface area contributed by atoms with Crippen LogP contribution in [0.15, 0.2) is 6.07 Å². The van der Waals surface area contributed by atoms with Crippen molar-refractivity contribution in [3.05, 3.63) is 17.5 Å². The van der Waals surface area contributed by atoms with E-state index < -0.39 is 0 Å². The van der Waals surface area contributed by atoms with E-state index in [9.17, 15) is 0 Å². The van der Waals surface area contributed by atoms with Crippen LogP contribution in [0.4, 0.5) is 0 Å². The minimum absolute atomic E-state index is 0.456. The fraction of sp³-hybridized carbons (Fsp3) is 0.833. The van der Waals surface area contributed by atoms with Crippen molar-refractivity contribution in [3.8, 4) is 0 Å². The molecule has 0 aromatic carbocycles. The van der Waals surface area contributed by atoms with Gasteiger partial charge in [-0.25, -0.2) is 0 Å². The number of hydrogen-bond donors (Lipinski definition) is 2. The molecule has 5 heteroatoms. The SMILES string of the molecule is Cc1cc(C2CCN(CC3CC4(CCNCC4)CO3)CC2)n[nH]1. The van der Waals surface area contributed by atoms with Crippen molar-refractivity contribution < 1.29 is 4.74 Å². The normalized spacial score (nSPS) is 29.3. The number of nitrogens with zero attached hydrogens (tertiary/aromatic N) is 2. The molecule has 1 aromatic heterocycles. The molecule has 3 saturated heterocycles. The lowest BCUT2D eigenvalue weighted by molar-refractivity contribution is 0.0548. The summed E-state index contributed by atoms with van der Waals surface area (Å²) in [5, 5.41) is 11.0. The highest BCUT2D eigenvalue weighted by Gasteiger charge is 2.41. The molecular weight excluding hydrogens is 288 g/mol. The van der Waals surface area contributed by atoms with E-state index in [4.69, 9.17) is 4.74 Å². The van der Waals surface area contributed by atoms with E-state index in [1.165, 1.54) is 69.7 Å². The van der Waals surface area contributed by atoms with Gasteiger partial charge in [0.05, 0.1) is 18.4 Å². The second kappa shape index (κ2) is 6.54. The van der Waals surface area contributed by atoms with Gasteiger partial charge in [-0.15, -0.1) is 0 Å². The highest BCUT2D eigenvalue weighted by molar-refractivity contribution is 5.12. The van der Waals surface area contributed by atoms with Crippen molar-refractivity contribution in [2.45, 2.75) is 51.0 Å². The number of aromatic amines is 1. The molecule has 4 heterocycles. The molecule has 5 nitrogen and oxygen atoms in total. The smallest absolute Gasteiger partial charge is 0.0708 e. The molecule has 0 aliphatic carbocycles. The van der Waals surface area contributed by atoms with Gasteiger partial charge in [0.15, 0.2) is 0 Å². The summed E-state index contributed by atoms with van der Waals surface area (Å²) in [6, 6.07) is 2.21. The Kier molecular flexibility index (Phi) is 4.43. The largest absolute Gasteiger partial charge is 0.376 e. The number of aromatic nitrogens is 2.